The lowest BCUT2D eigenvalue weighted by Crippen LogP contribution is -2.51. The van der Waals surface area contributed by atoms with Crippen LogP contribution in [0.2, 0.25) is 0 Å². The van der Waals surface area contributed by atoms with Crippen LogP contribution in [-0.2, 0) is 9.59 Å². The van der Waals surface area contributed by atoms with E-state index >= 15 is 0 Å². The van der Waals surface area contributed by atoms with Gasteiger partial charge in [-0.05, 0) is 97.9 Å². The Labute approximate surface area is 178 Å². The molecule has 4 aliphatic carbocycles. The van der Waals surface area contributed by atoms with Crippen LogP contribution in [-0.4, -0.2) is 11.6 Å². The highest BCUT2D eigenvalue weighted by atomic mass is 16.1. The van der Waals surface area contributed by atoms with Crippen molar-refractivity contribution in [1.82, 2.24) is 0 Å². The van der Waals surface area contributed by atoms with Gasteiger partial charge in [0.1, 0.15) is 5.78 Å². The summed E-state index contributed by atoms with van der Waals surface area (Å²) in [4.78, 5) is 24.2. The van der Waals surface area contributed by atoms with Crippen molar-refractivity contribution >= 4 is 11.6 Å². The molecule has 0 spiro atoms. The standard InChI is InChI=1S/C27H42O2/c1-17(2)25(29)11-6-18(3)22-9-10-23-21-8-7-19-16-20(28)12-14-26(19,4)24(21)13-15-27(22,23)5/h16-18,21-24H,6-15H2,1-5H3/t18?,21-,22+,23-,24-,26-,27+/m0/s1. The number of Topliss-reactive ketones (excluding diaryl/α,β-unsaturated/α-hetero) is 1. The van der Waals surface area contributed by atoms with Gasteiger partial charge in [-0.1, -0.05) is 40.2 Å². The minimum absolute atomic E-state index is 0.178. The van der Waals surface area contributed by atoms with Crippen molar-refractivity contribution in [3.05, 3.63) is 11.6 Å². The Bertz CT molecular complexity index is 703. The van der Waals surface area contributed by atoms with Crippen LogP contribution in [0.4, 0.5) is 0 Å². The summed E-state index contributed by atoms with van der Waals surface area (Å²) >= 11 is 0. The fourth-order valence-electron chi connectivity index (χ4n) is 8.39. The third-order valence-electron chi connectivity index (χ3n) is 10.2. The zero-order chi connectivity index (χ0) is 21.0. The number of hydrogen-bond donors (Lipinski definition) is 0. The van der Waals surface area contributed by atoms with Gasteiger partial charge in [-0.25, -0.2) is 0 Å². The summed E-state index contributed by atoms with van der Waals surface area (Å²) in [5.74, 6) is 4.90. The van der Waals surface area contributed by atoms with E-state index in [0.29, 0.717) is 22.9 Å². The van der Waals surface area contributed by atoms with Gasteiger partial charge < -0.3 is 0 Å². The molecule has 2 nitrogen and oxygen atoms in total. The van der Waals surface area contributed by atoms with E-state index in [2.05, 4.69) is 20.8 Å². The Morgan fingerprint density at radius 3 is 2.52 bits per heavy atom. The number of allylic oxidation sites excluding steroid dienone is 1. The molecule has 0 amide bonds. The van der Waals surface area contributed by atoms with Gasteiger partial charge in [-0.15, -0.1) is 0 Å². The zero-order valence-corrected chi connectivity index (χ0v) is 19.4. The number of ketones is 2. The SMILES string of the molecule is CC(C)C(=O)CCC(C)[C@H]1CC[C@H]2[C@@H]3CCC4=CC(=O)CC[C@]4(C)[C@H]3CC[C@]12C. The normalized spacial score (nSPS) is 42.7. The fraction of sp³-hybridized carbons (Fsp3) is 0.852. The first-order chi connectivity index (χ1) is 13.7. The van der Waals surface area contributed by atoms with Crippen molar-refractivity contribution in [3.8, 4) is 0 Å². The largest absolute Gasteiger partial charge is 0.299 e. The predicted molar refractivity (Wildman–Crippen MR) is 118 cm³/mol. The van der Waals surface area contributed by atoms with Gasteiger partial charge in [-0.2, -0.15) is 0 Å². The van der Waals surface area contributed by atoms with Crippen LogP contribution in [0.3, 0.4) is 0 Å². The highest BCUT2D eigenvalue weighted by Crippen LogP contribution is 2.67. The Hall–Kier alpha value is -0.920. The smallest absolute Gasteiger partial charge is 0.155 e. The number of carbonyl (C=O) groups excluding carboxylic acids is 2. The van der Waals surface area contributed by atoms with Gasteiger partial charge in [0.2, 0.25) is 0 Å². The summed E-state index contributed by atoms with van der Waals surface area (Å²) in [6, 6.07) is 0. The van der Waals surface area contributed by atoms with Crippen molar-refractivity contribution in [2.75, 3.05) is 0 Å². The van der Waals surface area contributed by atoms with E-state index in [0.717, 1.165) is 55.8 Å². The predicted octanol–water partition coefficient (Wildman–Crippen LogP) is 6.78. The average molecular weight is 399 g/mol. The molecule has 3 fully saturated rings. The molecule has 4 aliphatic rings. The second kappa shape index (κ2) is 7.65. The Morgan fingerprint density at radius 2 is 1.79 bits per heavy atom. The number of fused-ring (bicyclic) bond motifs is 5. The first kappa shape index (κ1) is 21.3. The molecule has 0 N–H and O–H groups in total. The van der Waals surface area contributed by atoms with E-state index in [-0.39, 0.29) is 11.3 Å². The Kier molecular flexibility index (Phi) is 5.62. The molecule has 29 heavy (non-hydrogen) atoms. The van der Waals surface area contributed by atoms with E-state index in [1.807, 2.05) is 19.9 Å². The minimum atomic E-state index is 0.178. The maximum absolute atomic E-state index is 12.2. The van der Waals surface area contributed by atoms with Crippen LogP contribution in [0, 0.1) is 46.3 Å². The lowest BCUT2D eigenvalue weighted by atomic mass is 9.46. The molecule has 1 unspecified atom stereocenters. The first-order valence-corrected chi connectivity index (χ1v) is 12.4. The molecule has 0 radical (unpaired) electrons. The molecule has 4 rings (SSSR count). The Balaban J connectivity index is 1.49. The van der Waals surface area contributed by atoms with E-state index in [1.165, 1.54) is 37.7 Å². The molecule has 162 valence electrons. The third kappa shape index (κ3) is 3.47. The maximum Gasteiger partial charge on any atom is 0.155 e. The van der Waals surface area contributed by atoms with E-state index < -0.39 is 0 Å². The second-order valence-corrected chi connectivity index (χ2v) is 11.8. The second-order valence-electron chi connectivity index (χ2n) is 11.8. The summed E-state index contributed by atoms with van der Waals surface area (Å²) in [6.07, 6.45) is 13.6. The van der Waals surface area contributed by atoms with Gasteiger partial charge >= 0.3 is 0 Å². The molecular weight excluding hydrogens is 356 g/mol. The first-order valence-electron chi connectivity index (χ1n) is 12.4. The van der Waals surface area contributed by atoms with Crippen molar-refractivity contribution in [3.63, 3.8) is 0 Å². The van der Waals surface area contributed by atoms with Gasteiger partial charge in [0.15, 0.2) is 5.78 Å². The third-order valence-corrected chi connectivity index (χ3v) is 10.2. The monoisotopic (exact) mass is 398 g/mol. The molecule has 3 saturated carbocycles. The van der Waals surface area contributed by atoms with Gasteiger partial charge in [0.25, 0.3) is 0 Å². The van der Waals surface area contributed by atoms with E-state index in [4.69, 9.17) is 0 Å². The summed E-state index contributed by atoms with van der Waals surface area (Å²) in [5, 5.41) is 0. The van der Waals surface area contributed by atoms with E-state index in [9.17, 15) is 9.59 Å². The maximum atomic E-state index is 12.2. The van der Waals surface area contributed by atoms with Gasteiger partial charge in [0.05, 0.1) is 0 Å². The Morgan fingerprint density at radius 1 is 1.03 bits per heavy atom. The summed E-state index contributed by atoms with van der Waals surface area (Å²) in [5.41, 5.74) is 2.23. The molecule has 7 atom stereocenters. The lowest BCUT2D eigenvalue weighted by molar-refractivity contribution is -0.122. The van der Waals surface area contributed by atoms with Crippen molar-refractivity contribution in [1.29, 1.82) is 0 Å². The molecule has 0 aliphatic heterocycles. The summed E-state index contributed by atoms with van der Waals surface area (Å²) in [6.45, 7) is 11.6. The molecule has 0 aromatic carbocycles. The average Bonchev–Trinajstić information content (AvgIpc) is 3.03. The van der Waals surface area contributed by atoms with Crippen LogP contribution >= 0.6 is 0 Å². The van der Waals surface area contributed by atoms with Gasteiger partial charge in [0, 0.05) is 18.8 Å². The van der Waals surface area contributed by atoms with E-state index in [1.54, 1.807) is 0 Å². The van der Waals surface area contributed by atoms with Crippen molar-refractivity contribution in [2.45, 2.75) is 98.8 Å². The van der Waals surface area contributed by atoms with Crippen LogP contribution in [0.1, 0.15) is 98.8 Å². The highest BCUT2D eigenvalue weighted by molar-refractivity contribution is 5.91. The van der Waals surface area contributed by atoms with Crippen LogP contribution < -0.4 is 0 Å². The zero-order valence-electron chi connectivity index (χ0n) is 19.4. The molecular formula is C27H42O2. The minimum Gasteiger partial charge on any atom is -0.299 e. The molecule has 0 aromatic rings. The number of hydrogen-bond acceptors (Lipinski definition) is 2. The van der Waals surface area contributed by atoms with Crippen molar-refractivity contribution in [2.24, 2.45) is 46.3 Å². The quantitative estimate of drug-likeness (QED) is 0.512. The summed E-state index contributed by atoms with van der Waals surface area (Å²) < 4.78 is 0. The van der Waals surface area contributed by atoms with Crippen molar-refractivity contribution < 1.29 is 9.59 Å². The molecule has 0 aromatic heterocycles. The molecule has 0 saturated heterocycles. The number of carbonyl (C=O) groups is 2. The van der Waals surface area contributed by atoms with Crippen LogP contribution in [0.5, 0.6) is 0 Å². The van der Waals surface area contributed by atoms with Crippen LogP contribution in [0.25, 0.3) is 0 Å². The molecule has 0 heterocycles. The highest BCUT2D eigenvalue weighted by Gasteiger charge is 2.59. The number of rotatable bonds is 5. The molecule has 0 bridgehead atoms. The molecule has 2 heteroatoms. The van der Waals surface area contributed by atoms with Crippen LogP contribution in [0.15, 0.2) is 11.6 Å². The fourth-order valence-corrected chi connectivity index (χ4v) is 8.39. The summed E-state index contributed by atoms with van der Waals surface area (Å²) in [7, 11) is 0. The lowest BCUT2D eigenvalue weighted by Gasteiger charge is -2.58. The topological polar surface area (TPSA) is 34.1 Å². The van der Waals surface area contributed by atoms with Gasteiger partial charge in [-0.3, -0.25) is 9.59 Å².